The number of piperidine rings is 1. The van der Waals surface area contributed by atoms with Crippen LogP contribution in [0.15, 0.2) is 30.3 Å². The maximum absolute atomic E-state index is 12.0. The van der Waals surface area contributed by atoms with E-state index in [-0.39, 0.29) is 11.9 Å². The summed E-state index contributed by atoms with van der Waals surface area (Å²) in [4.78, 5) is 14.0. The smallest absolute Gasteiger partial charge is 0.239 e. The number of carbonyl (C=O) groups is 1. The number of hydrogen-bond acceptors (Lipinski definition) is 3. The molecule has 1 aromatic rings. The number of hydrogen-bond donors (Lipinski definition) is 1. The van der Waals surface area contributed by atoms with E-state index in [4.69, 9.17) is 4.74 Å². The van der Waals surface area contributed by atoms with Gasteiger partial charge in [0.25, 0.3) is 0 Å². The predicted molar refractivity (Wildman–Crippen MR) is 75.2 cm³/mol. The molecule has 1 heterocycles. The quantitative estimate of drug-likeness (QED) is 0.793. The van der Waals surface area contributed by atoms with Gasteiger partial charge in [-0.1, -0.05) is 18.2 Å². The maximum atomic E-state index is 12.0. The zero-order valence-electron chi connectivity index (χ0n) is 11.5. The zero-order chi connectivity index (χ0) is 13.5. The van der Waals surface area contributed by atoms with Crippen molar-refractivity contribution in [2.24, 2.45) is 0 Å². The van der Waals surface area contributed by atoms with E-state index in [1.165, 1.54) is 0 Å². The molecule has 104 valence electrons. The molecule has 1 aliphatic heterocycles. The van der Waals surface area contributed by atoms with Crippen molar-refractivity contribution in [3.63, 3.8) is 0 Å². The van der Waals surface area contributed by atoms with Crippen LogP contribution in [0.5, 0.6) is 5.75 Å². The molecule has 1 N–H and O–H groups in total. The summed E-state index contributed by atoms with van der Waals surface area (Å²) < 4.78 is 5.63. The van der Waals surface area contributed by atoms with Gasteiger partial charge in [-0.25, -0.2) is 0 Å². The van der Waals surface area contributed by atoms with Gasteiger partial charge in [0.05, 0.1) is 12.6 Å². The van der Waals surface area contributed by atoms with Crippen LogP contribution in [0.25, 0.3) is 0 Å². The minimum atomic E-state index is 0.00351. The van der Waals surface area contributed by atoms with E-state index in [1.807, 2.05) is 42.3 Å². The van der Waals surface area contributed by atoms with Crippen LogP contribution >= 0.6 is 0 Å². The standard InChI is InChI=1S/C15H22N2O2/c1-16-14-9-5-10-17(15(14)18)11-6-12-19-13-7-3-2-4-8-13/h2-4,7-8,14,16H,5-6,9-12H2,1H3. The van der Waals surface area contributed by atoms with Gasteiger partial charge in [0, 0.05) is 13.1 Å². The molecule has 0 bridgehead atoms. The minimum absolute atomic E-state index is 0.00351. The second-order valence-electron chi connectivity index (χ2n) is 4.82. The Labute approximate surface area is 114 Å². The van der Waals surface area contributed by atoms with Crippen molar-refractivity contribution >= 4 is 5.91 Å². The van der Waals surface area contributed by atoms with Crippen molar-refractivity contribution in [1.82, 2.24) is 10.2 Å². The maximum Gasteiger partial charge on any atom is 0.239 e. The Morgan fingerprint density at radius 1 is 1.37 bits per heavy atom. The Morgan fingerprint density at radius 2 is 2.16 bits per heavy atom. The van der Waals surface area contributed by atoms with E-state index >= 15 is 0 Å². The van der Waals surface area contributed by atoms with Crippen LogP contribution in [0, 0.1) is 0 Å². The third-order valence-electron chi connectivity index (χ3n) is 3.46. The van der Waals surface area contributed by atoms with Gasteiger partial charge in [0.2, 0.25) is 5.91 Å². The van der Waals surface area contributed by atoms with E-state index < -0.39 is 0 Å². The molecular formula is C15H22N2O2. The lowest BCUT2D eigenvalue weighted by Gasteiger charge is -2.32. The summed E-state index contributed by atoms with van der Waals surface area (Å²) in [6.07, 6.45) is 2.90. The molecule has 2 rings (SSSR count). The number of rotatable bonds is 6. The molecule has 0 aromatic heterocycles. The number of nitrogens with zero attached hydrogens (tertiary/aromatic N) is 1. The first-order valence-corrected chi connectivity index (χ1v) is 6.95. The van der Waals surface area contributed by atoms with Crippen molar-refractivity contribution in [1.29, 1.82) is 0 Å². The van der Waals surface area contributed by atoms with Gasteiger partial charge in [-0.05, 0) is 38.4 Å². The zero-order valence-corrected chi connectivity index (χ0v) is 11.5. The molecule has 1 unspecified atom stereocenters. The molecule has 4 heteroatoms. The largest absolute Gasteiger partial charge is 0.494 e. The number of benzene rings is 1. The number of para-hydroxylation sites is 1. The molecule has 1 aliphatic rings. The van der Waals surface area contributed by atoms with Crippen LogP contribution in [0.3, 0.4) is 0 Å². The van der Waals surface area contributed by atoms with Crippen molar-refractivity contribution in [2.75, 3.05) is 26.7 Å². The Morgan fingerprint density at radius 3 is 2.89 bits per heavy atom. The highest BCUT2D eigenvalue weighted by atomic mass is 16.5. The Bertz CT molecular complexity index is 394. The third kappa shape index (κ3) is 3.96. The Kier molecular flexibility index (Phi) is 5.21. The summed E-state index contributed by atoms with van der Waals surface area (Å²) >= 11 is 0. The molecule has 0 spiro atoms. The molecule has 1 saturated heterocycles. The molecule has 1 amide bonds. The molecule has 0 saturated carbocycles. The summed E-state index contributed by atoms with van der Waals surface area (Å²) in [5.74, 6) is 1.12. The highest BCUT2D eigenvalue weighted by molar-refractivity contribution is 5.82. The number of likely N-dealkylation sites (N-methyl/N-ethyl adjacent to an activating group) is 1. The molecule has 1 atom stereocenters. The normalized spacial score (nSPS) is 19.5. The first-order valence-electron chi connectivity index (χ1n) is 6.95. The number of ether oxygens (including phenoxy) is 1. The topological polar surface area (TPSA) is 41.6 Å². The molecule has 0 aliphatic carbocycles. The van der Waals surface area contributed by atoms with Crippen LogP contribution in [0.1, 0.15) is 19.3 Å². The summed E-state index contributed by atoms with van der Waals surface area (Å²) in [7, 11) is 1.85. The first kappa shape index (κ1) is 13.9. The van der Waals surface area contributed by atoms with Gasteiger partial charge >= 0.3 is 0 Å². The lowest BCUT2D eigenvalue weighted by atomic mass is 10.0. The van der Waals surface area contributed by atoms with Crippen molar-refractivity contribution in [3.8, 4) is 5.75 Å². The lowest BCUT2D eigenvalue weighted by Crippen LogP contribution is -2.49. The lowest BCUT2D eigenvalue weighted by molar-refractivity contribution is -0.135. The highest BCUT2D eigenvalue weighted by Crippen LogP contribution is 2.12. The van der Waals surface area contributed by atoms with Crippen LogP contribution in [-0.2, 0) is 4.79 Å². The van der Waals surface area contributed by atoms with Gasteiger partial charge in [-0.2, -0.15) is 0 Å². The van der Waals surface area contributed by atoms with E-state index in [1.54, 1.807) is 0 Å². The average molecular weight is 262 g/mol. The van der Waals surface area contributed by atoms with Crippen LogP contribution in [0.4, 0.5) is 0 Å². The third-order valence-corrected chi connectivity index (χ3v) is 3.46. The van der Waals surface area contributed by atoms with Gasteiger partial charge in [-0.3, -0.25) is 4.79 Å². The summed E-state index contributed by atoms with van der Waals surface area (Å²) in [5.41, 5.74) is 0. The monoisotopic (exact) mass is 262 g/mol. The van der Waals surface area contributed by atoms with E-state index in [9.17, 15) is 4.79 Å². The van der Waals surface area contributed by atoms with E-state index in [0.717, 1.165) is 38.1 Å². The molecule has 19 heavy (non-hydrogen) atoms. The summed E-state index contributed by atoms with van der Waals surface area (Å²) in [6.45, 7) is 2.31. The molecule has 4 nitrogen and oxygen atoms in total. The Hall–Kier alpha value is -1.55. The summed E-state index contributed by atoms with van der Waals surface area (Å²) in [5, 5.41) is 3.08. The fourth-order valence-corrected chi connectivity index (χ4v) is 2.39. The van der Waals surface area contributed by atoms with Gasteiger partial charge < -0.3 is 15.0 Å². The molecule has 1 aromatic carbocycles. The summed E-state index contributed by atoms with van der Waals surface area (Å²) in [6, 6.07) is 9.79. The second-order valence-corrected chi connectivity index (χ2v) is 4.82. The predicted octanol–water partition coefficient (Wildman–Crippen LogP) is 1.67. The fourth-order valence-electron chi connectivity index (χ4n) is 2.39. The Balaban J connectivity index is 1.69. The van der Waals surface area contributed by atoms with Crippen LogP contribution in [-0.4, -0.2) is 43.6 Å². The fraction of sp³-hybridized carbons (Fsp3) is 0.533. The average Bonchev–Trinajstić information content (AvgIpc) is 2.46. The van der Waals surface area contributed by atoms with Crippen molar-refractivity contribution in [3.05, 3.63) is 30.3 Å². The van der Waals surface area contributed by atoms with E-state index in [0.29, 0.717) is 6.61 Å². The first-order chi connectivity index (χ1) is 9.31. The van der Waals surface area contributed by atoms with Gasteiger partial charge in [0.15, 0.2) is 0 Å². The van der Waals surface area contributed by atoms with Crippen LogP contribution < -0.4 is 10.1 Å². The number of carbonyl (C=O) groups excluding carboxylic acids is 1. The number of nitrogens with one attached hydrogen (secondary N) is 1. The second kappa shape index (κ2) is 7.14. The highest BCUT2D eigenvalue weighted by Gasteiger charge is 2.26. The van der Waals surface area contributed by atoms with Gasteiger partial charge in [0.1, 0.15) is 5.75 Å². The van der Waals surface area contributed by atoms with Crippen LogP contribution in [0.2, 0.25) is 0 Å². The SMILES string of the molecule is CNC1CCCN(CCCOc2ccccc2)C1=O. The minimum Gasteiger partial charge on any atom is -0.494 e. The van der Waals surface area contributed by atoms with Gasteiger partial charge in [-0.15, -0.1) is 0 Å². The number of amides is 1. The van der Waals surface area contributed by atoms with E-state index in [2.05, 4.69) is 5.32 Å². The van der Waals surface area contributed by atoms with Crippen molar-refractivity contribution < 1.29 is 9.53 Å². The van der Waals surface area contributed by atoms with Crippen molar-refractivity contribution in [2.45, 2.75) is 25.3 Å². The molecule has 1 fully saturated rings. The molecule has 0 radical (unpaired) electrons. The molecular weight excluding hydrogens is 240 g/mol. The number of likely N-dealkylation sites (tertiary alicyclic amines) is 1.